The highest BCUT2D eigenvalue weighted by Crippen LogP contribution is 2.26. The van der Waals surface area contributed by atoms with Gasteiger partial charge in [-0.15, -0.1) is 0 Å². The van der Waals surface area contributed by atoms with Crippen LogP contribution in [0.1, 0.15) is 150 Å². The van der Waals surface area contributed by atoms with Gasteiger partial charge in [0.25, 0.3) is 0 Å². The summed E-state index contributed by atoms with van der Waals surface area (Å²) < 4.78 is 11.6. The van der Waals surface area contributed by atoms with E-state index in [4.69, 9.17) is 24.4 Å². The van der Waals surface area contributed by atoms with E-state index in [1.165, 1.54) is 95.5 Å². The van der Waals surface area contributed by atoms with Crippen molar-refractivity contribution in [3.05, 3.63) is 155 Å². The molecule has 0 radical (unpaired) electrons. The van der Waals surface area contributed by atoms with Crippen molar-refractivity contribution in [1.29, 1.82) is 0 Å². The molecule has 0 spiro atoms. The maximum Gasteiger partial charge on any atom is 0.164 e. The van der Waals surface area contributed by atoms with Crippen LogP contribution in [0.2, 0.25) is 0 Å². The highest BCUT2D eigenvalue weighted by molar-refractivity contribution is 5.68. The van der Waals surface area contributed by atoms with Crippen molar-refractivity contribution in [3.8, 4) is 75.6 Å². The molecule has 5 aromatic carbocycles. The minimum Gasteiger partial charge on any atom is -0.494 e. The van der Waals surface area contributed by atoms with Crippen molar-refractivity contribution in [2.45, 2.75) is 124 Å². The molecule has 0 aliphatic rings. The Morgan fingerprint density at radius 2 is 0.677 bits per heavy atom. The van der Waals surface area contributed by atoms with E-state index in [1.807, 2.05) is 109 Å². The van der Waals surface area contributed by atoms with Crippen LogP contribution in [-0.4, -0.2) is 28.2 Å². The van der Waals surface area contributed by atoms with Gasteiger partial charge in [0.05, 0.1) is 6.61 Å². The third-order valence-corrected chi connectivity index (χ3v) is 11.3. The third kappa shape index (κ3) is 17.1. The first kappa shape index (κ1) is 47.9. The van der Waals surface area contributed by atoms with Gasteiger partial charge in [-0.25, -0.2) is 15.0 Å². The Kier molecular flexibility index (Phi) is 20.3. The van der Waals surface area contributed by atoms with Gasteiger partial charge in [-0.3, -0.25) is 0 Å². The number of rotatable bonds is 22. The Morgan fingerprint density at radius 1 is 0.354 bits per heavy atom. The SMILES string of the molecule is CCCCCCCCCCOC#Cc1ccc(-c2nc(-c3ccc(C#Cc4ccc(C)cc4)cc3)nc(-c3ccc(C#Cc4ccc(OCCCCCCCCCC)cc4)cc3)n2)cc1. The molecule has 6 rings (SSSR count). The summed E-state index contributed by atoms with van der Waals surface area (Å²) in [4.78, 5) is 14.9. The summed E-state index contributed by atoms with van der Waals surface area (Å²) in [6.45, 7) is 8.01. The minimum absolute atomic E-state index is 0.577. The Bertz CT molecular complexity index is 2510. The molecular weight excluding hydrogens is 795 g/mol. The van der Waals surface area contributed by atoms with Gasteiger partial charge in [0, 0.05) is 44.5 Å². The highest BCUT2D eigenvalue weighted by Gasteiger charge is 2.13. The van der Waals surface area contributed by atoms with Gasteiger partial charge in [0.1, 0.15) is 18.5 Å². The minimum atomic E-state index is 0.577. The predicted octanol–water partition coefficient (Wildman–Crippen LogP) is 15.0. The number of aromatic nitrogens is 3. The summed E-state index contributed by atoms with van der Waals surface area (Å²) in [6, 6.07) is 40.4. The lowest BCUT2D eigenvalue weighted by molar-refractivity contribution is 0.267. The molecule has 1 aromatic heterocycles. The molecule has 332 valence electrons. The van der Waals surface area contributed by atoms with E-state index < -0.39 is 0 Å². The van der Waals surface area contributed by atoms with Crippen molar-refractivity contribution in [2.24, 2.45) is 0 Å². The van der Waals surface area contributed by atoms with E-state index in [-0.39, 0.29) is 0 Å². The summed E-state index contributed by atoms with van der Waals surface area (Å²) >= 11 is 0. The molecule has 65 heavy (non-hydrogen) atoms. The number of ether oxygens (including phenoxy) is 2. The van der Waals surface area contributed by atoms with Crippen LogP contribution in [0.4, 0.5) is 0 Å². The second kappa shape index (κ2) is 27.5. The number of hydrogen-bond donors (Lipinski definition) is 0. The zero-order valence-corrected chi connectivity index (χ0v) is 38.9. The fraction of sp³-hybridized carbons (Fsp3) is 0.350. The van der Waals surface area contributed by atoms with Crippen LogP contribution in [-0.2, 0) is 4.74 Å². The number of benzene rings is 5. The van der Waals surface area contributed by atoms with Crippen molar-refractivity contribution in [3.63, 3.8) is 0 Å². The van der Waals surface area contributed by atoms with Gasteiger partial charge in [-0.2, -0.15) is 0 Å². The van der Waals surface area contributed by atoms with E-state index in [1.54, 1.807) is 0 Å². The van der Waals surface area contributed by atoms with Crippen LogP contribution in [0.25, 0.3) is 34.2 Å². The average Bonchev–Trinajstić information content (AvgIpc) is 3.35. The lowest BCUT2D eigenvalue weighted by Crippen LogP contribution is -2.00. The molecule has 6 aromatic rings. The summed E-state index contributed by atoms with van der Waals surface area (Å²) in [7, 11) is 0. The van der Waals surface area contributed by atoms with E-state index in [2.05, 4.69) is 68.6 Å². The first-order valence-corrected chi connectivity index (χ1v) is 24.1. The molecule has 0 bridgehead atoms. The largest absolute Gasteiger partial charge is 0.494 e. The molecule has 0 atom stereocenters. The average molecular weight is 860 g/mol. The molecule has 5 heteroatoms. The van der Waals surface area contributed by atoms with Crippen molar-refractivity contribution >= 4 is 0 Å². The summed E-state index contributed by atoms with van der Waals surface area (Å²) in [5.74, 6) is 18.9. The Labute approximate surface area is 389 Å². The lowest BCUT2D eigenvalue weighted by Gasteiger charge is -2.09. The number of aryl methyl sites for hydroxylation is 1. The monoisotopic (exact) mass is 860 g/mol. The number of nitrogens with zero attached hydrogens (tertiary/aromatic N) is 3. The van der Waals surface area contributed by atoms with Crippen LogP contribution >= 0.6 is 0 Å². The van der Waals surface area contributed by atoms with Crippen LogP contribution in [0.3, 0.4) is 0 Å². The second-order valence-electron chi connectivity index (χ2n) is 16.8. The van der Waals surface area contributed by atoms with E-state index in [0.29, 0.717) is 24.1 Å². The fourth-order valence-corrected chi connectivity index (χ4v) is 7.31. The molecule has 0 saturated carbocycles. The van der Waals surface area contributed by atoms with E-state index in [0.717, 1.165) is 69.7 Å². The molecule has 0 amide bonds. The quantitative estimate of drug-likeness (QED) is 0.0503. The summed E-state index contributed by atoms with van der Waals surface area (Å²) in [5.41, 5.74) is 8.44. The number of unbranched alkanes of at least 4 members (excludes halogenated alkanes) is 14. The van der Waals surface area contributed by atoms with Gasteiger partial charge in [-0.1, -0.05) is 145 Å². The molecule has 0 saturated heterocycles. The van der Waals surface area contributed by atoms with Gasteiger partial charge < -0.3 is 9.47 Å². The van der Waals surface area contributed by atoms with Crippen LogP contribution < -0.4 is 4.74 Å². The fourth-order valence-electron chi connectivity index (χ4n) is 7.31. The first-order chi connectivity index (χ1) is 32.1. The zero-order chi connectivity index (χ0) is 45.2. The molecular formula is C60H65N3O2. The standard InChI is InChI=1S/C60H65N3O2/c1-4-6-8-10-12-14-16-18-45-64-47-44-53-32-40-56(41-33-53)60-62-58(54-36-28-50(29-37-54)25-24-49-22-20-48(3)21-23-49)61-59(63-60)55-38-30-51(31-39-55)26-27-52-34-42-57(43-35-52)65-46-19-17-15-13-11-9-7-5-2/h20-23,28-43H,4-19,45-46H2,1-3H3. The Balaban J connectivity index is 1.11. The van der Waals surface area contributed by atoms with E-state index in [9.17, 15) is 0 Å². The Morgan fingerprint density at radius 3 is 1.08 bits per heavy atom. The molecule has 0 aliphatic carbocycles. The molecule has 0 unspecified atom stereocenters. The molecule has 0 N–H and O–H groups in total. The van der Waals surface area contributed by atoms with Crippen LogP contribution in [0, 0.1) is 42.6 Å². The number of hydrogen-bond acceptors (Lipinski definition) is 5. The van der Waals surface area contributed by atoms with Crippen molar-refractivity contribution in [1.82, 2.24) is 15.0 Å². The normalized spacial score (nSPS) is 10.5. The predicted molar refractivity (Wildman–Crippen MR) is 269 cm³/mol. The summed E-state index contributed by atoms with van der Waals surface area (Å²) in [5, 5.41) is 0. The van der Waals surface area contributed by atoms with Gasteiger partial charge in [0.15, 0.2) is 17.5 Å². The Hall–Kier alpha value is -6.61. The second-order valence-corrected chi connectivity index (χ2v) is 16.8. The third-order valence-electron chi connectivity index (χ3n) is 11.3. The van der Waals surface area contributed by atoms with Crippen molar-refractivity contribution in [2.75, 3.05) is 13.2 Å². The highest BCUT2D eigenvalue weighted by atomic mass is 16.5. The zero-order valence-electron chi connectivity index (χ0n) is 38.9. The molecule has 0 fully saturated rings. The van der Waals surface area contributed by atoms with Crippen LogP contribution in [0.15, 0.2) is 121 Å². The van der Waals surface area contributed by atoms with Crippen molar-refractivity contribution < 1.29 is 9.47 Å². The van der Waals surface area contributed by atoms with Gasteiger partial charge in [0.2, 0.25) is 0 Å². The van der Waals surface area contributed by atoms with Gasteiger partial charge >= 0.3 is 0 Å². The first-order valence-electron chi connectivity index (χ1n) is 24.1. The maximum absolute atomic E-state index is 6.00. The molecule has 1 heterocycles. The lowest BCUT2D eigenvalue weighted by atomic mass is 10.1. The van der Waals surface area contributed by atoms with Crippen LogP contribution in [0.5, 0.6) is 5.75 Å². The van der Waals surface area contributed by atoms with Gasteiger partial charge in [-0.05, 0) is 135 Å². The molecule has 5 nitrogen and oxygen atoms in total. The van der Waals surface area contributed by atoms with E-state index >= 15 is 0 Å². The summed E-state index contributed by atoms with van der Waals surface area (Å²) in [6.07, 6.45) is 23.3. The smallest absolute Gasteiger partial charge is 0.164 e. The maximum atomic E-state index is 6.00. The molecule has 0 aliphatic heterocycles. The topological polar surface area (TPSA) is 57.1 Å².